The zero-order valence-corrected chi connectivity index (χ0v) is 13.5. The van der Waals surface area contributed by atoms with Crippen molar-refractivity contribution in [1.82, 2.24) is 20.6 Å². The van der Waals surface area contributed by atoms with Gasteiger partial charge >= 0.3 is 0 Å². The number of ketones is 1. The van der Waals surface area contributed by atoms with Crippen LogP contribution in [-0.2, 0) is 5.41 Å². The molecule has 0 fully saturated rings. The maximum Gasteiger partial charge on any atom is 0.216 e. The minimum atomic E-state index is -0.166. The van der Waals surface area contributed by atoms with Gasteiger partial charge in [0.15, 0.2) is 5.78 Å². The van der Waals surface area contributed by atoms with E-state index in [4.69, 9.17) is 0 Å². The quantitative estimate of drug-likeness (QED) is 0.664. The number of aromatic amines is 1. The zero-order chi connectivity index (χ0) is 17.0. The van der Waals surface area contributed by atoms with Gasteiger partial charge in [0.1, 0.15) is 11.6 Å². The van der Waals surface area contributed by atoms with Crippen molar-refractivity contribution in [2.24, 2.45) is 0 Å². The fourth-order valence-corrected chi connectivity index (χ4v) is 2.08. The third-order valence-corrected chi connectivity index (χ3v) is 3.31. The summed E-state index contributed by atoms with van der Waals surface area (Å²) in [5, 5.41) is 25.6. The molecule has 0 saturated heterocycles. The summed E-state index contributed by atoms with van der Waals surface area (Å²) in [7, 11) is 0. The van der Waals surface area contributed by atoms with Crippen LogP contribution in [0.25, 0.3) is 5.57 Å². The van der Waals surface area contributed by atoms with Crippen LogP contribution in [0.3, 0.4) is 0 Å². The van der Waals surface area contributed by atoms with Crippen LogP contribution in [0.4, 0.5) is 5.69 Å². The van der Waals surface area contributed by atoms with Crippen molar-refractivity contribution in [2.75, 3.05) is 5.32 Å². The molecule has 1 aromatic heterocycles. The molecule has 0 spiro atoms. The number of nitriles is 1. The van der Waals surface area contributed by atoms with Gasteiger partial charge in [-0.3, -0.25) is 4.79 Å². The molecule has 2 aromatic rings. The van der Waals surface area contributed by atoms with Gasteiger partial charge in [0.05, 0.1) is 0 Å². The molecule has 0 aliphatic heterocycles. The number of allylic oxidation sites excluding steroid dienone is 1. The molecule has 0 unspecified atom stereocenters. The fourth-order valence-electron chi connectivity index (χ4n) is 2.08. The van der Waals surface area contributed by atoms with Crippen LogP contribution in [0.1, 0.15) is 49.4 Å². The maximum absolute atomic E-state index is 11.6. The molecule has 118 valence electrons. The van der Waals surface area contributed by atoms with Gasteiger partial charge in [-0.15, -0.1) is 10.2 Å². The summed E-state index contributed by atoms with van der Waals surface area (Å²) in [6.07, 6.45) is 1.53. The minimum Gasteiger partial charge on any atom is -0.360 e. The first-order valence-corrected chi connectivity index (χ1v) is 7.09. The minimum absolute atomic E-state index is 0.0158. The number of anilines is 1. The average molecular weight is 310 g/mol. The fraction of sp³-hybridized carbons (Fsp3) is 0.312. The molecule has 23 heavy (non-hydrogen) atoms. The Hall–Kier alpha value is -3.01. The van der Waals surface area contributed by atoms with Crippen LogP contribution in [0.5, 0.6) is 0 Å². The van der Waals surface area contributed by atoms with E-state index in [0.29, 0.717) is 5.56 Å². The second kappa shape index (κ2) is 6.40. The standard InChI is InChI=1S/C16H18N6O/c1-10(23)11-5-6-14(13(7-11)16(2,3)4)18-9-12(8-17)15-19-21-22-20-15/h5-7,9,18H,1-4H3,(H,19,20,21,22). The number of Topliss-reactive ketones (excluding diaryl/α,β-unsaturated/α-hetero) is 1. The molecule has 1 aromatic carbocycles. The van der Waals surface area contributed by atoms with Gasteiger partial charge in [-0.25, -0.2) is 0 Å². The van der Waals surface area contributed by atoms with Crippen LogP contribution in [-0.4, -0.2) is 26.4 Å². The first-order valence-electron chi connectivity index (χ1n) is 7.09. The lowest BCUT2D eigenvalue weighted by Crippen LogP contribution is -2.15. The Labute approximate surface area is 134 Å². The van der Waals surface area contributed by atoms with Crippen molar-refractivity contribution < 1.29 is 4.79 Å². The third-order valence-electron chi connectivity index (χ3n) is 3.31. The number of tetrazole rings is 1. The van der Waals surface area contributed by atoms with Crippen molar-refractivity contribution in [3.8, 4) is 6.07 Å². The number of hydrogen-bond donors (Lipinski definition) is 2. The summed E-state index contributed by atoms with van der Waals surface area (Å²) < 4.78 is 0. The molecule has 1 heterocycles. The highest BCUT2D eigenvalue weighted by molar-refractivity contribution is 5.95. The molecule has 0 bridgehead atoms. The second-order valence-electron chi connectivity index (χ2n) is 6.12. The van der Waals surface area contributed by atoms with E-state index in [0.717, 1.165) is 11.3 Å². The Morgan fingerprint density at radius 1 is 1.39 bits per heavy atom. The zero-order valence-electron chi connectivity index (χ0n) is 13.5. The lowest BCUT2D eigenvalue weighted by molar-refractivity contribution is 0.101. The van der Waals surface area contributed by atoms with Gasteiger partial charge in [-0.2, -0.15) is 10.5 Å². The van der Waals surface area contributed by atoms with E-state index >= 15 is 0 Å². The SMILES string of the molecule is CC(=O)c1ccc(NC=C(C#N)c2nn[nH]n2)c(C(C)(C)C)c1. The van der Waals surface area contributed by atoms with E-state index in [2.05, 4.69) is 46.7 Å². The molecule has 0 amide bonds. The van der Waals surface area contributed by atoms with E-state index in [1.165, 1.54) is 6.20 Å². The number of rotatable bonds is 4. The highest BCUT2D eigenvalue weighted by Crippen LogP contribution is 2.31. The van der Waals surface area contributed by atoms with Gasteiger partial charge in [-0.05, 0) is 41.3 Å². The molecular formula is C16H18N6O. The largest absolute Gasteiger partial charge is 0.360 e. The Kier molecular flexibility index (Phi) is 4.55. The van der Waals surface area contributed by atoms with E-state index in [1.54, 1.807) is 13.0 Å². The molecule has 2 N–H and O–H groups in total. The highest BCUT2D eigenvalue weighted by atomic mass is 16.1. The first kappa shape index (κ1) is 16.4. The van der Waals surface area contributed by atoms with Gasteiger partial charge in [0.25, 0.3) is 0 Å². The number of carbonyl (C=O) groups excluding carboxylic acids is 1. The van der Waals surface area contributed by atoms with Gasteiger partial charge in [0, 0.05) is 17.5 Å². The lowest BCUT2D eigenvalue weighted by Gasteiger charge is -2.23. The number of carbonyl (C=O) groups is 1. The smallest absolute Gasteiger partial charge is 0.216 e. The van der Waals surface area contributed by atoms with Gasteiger partial charge in [0.2, 0.25) is 5.82 Å². The summed E-state index contributed by atoms with van der Waals surface area (Å²) in [5.74, 6) is 0.236. The molecular weight excluding hydrogens is 292 g/mol. The maximum atomic E-state index is 11.6. The lowest BCUT2D eigenvalue weighted by atomic mass is 9.84. The number of H-pyrrole nitrogens is 1. The summed E-state index contributed by atoms with van der Waals surface area (Å²) in [5.41, 5.74) is 2.55. The van der Waals surface area contributed by atoms with Crippen molar-refractivity contribution in [2.45, 2.75) is 33.1 Å². The molecule has 0 atom stereocenters. The Bertz CT molecular complexity index is 778. The van der Waals surface area contributed by atoms with Crippen LogP contribution in [0, 0.1) is 11.3 Å². The number of nitrogens with zero attached hydrogens (tertiary/aromatic N) is 4. The van der Waals surface area contributed by atoms with E-state index in [-0.39, 0.29) is 22.6 Å². The Morgan fingerprint density at radius 2 is 2.13 bits per heavy atom. The average Bonchev–Trinajstić information content (AvgIpc) is 3.01. The number of benzene rings is 1. The normalized spacial score (nSPS) is 11.9. The number of aromatic nitrogens is 4. The molecule has 0 radical (unpaired) electrons. The van der Waals surface area contributed by atoms with Crippen molar-refractivity contribution in [1.29, 1.82) is 5.26 Å². The van der Waals surface area contributed by atoms with Crippen molar-refractivity contribution >= 4 is 17.0 Å². The molecule has 2 rings (SSSR count). The summed E-state index contributed by atoms with van der Waals surface area (Å²) in [6.45, 7) is 7.72. The molecule has 0 saturated carbocycles. The first-order chi connectivity index (χ1) is 10.8. The van der Waals surface area contributed by atoms with Gasteiger partial charge < -0.3 is 5.32 Å². The van der Waals surface area contributed by atoms with Crippen LogP contribution in [0.2, 0.25) is 0 Å². The summed E-state index contributed by atoms with van der Waals surface area (Å²) >= 11 is 0. The number of hydrogen-bond acceptors (Lipinski definition) is 6. The monoisotopic (exact) mass is 310 g/mol. The molecule has 0 aliphatic carbocycles. The topological polar surface area (TPSA) is 107 Å². The second-order valence-corrected chi connectivity index (χ2v) is 6.12. The summed E-state index contributed by atoms with van der Waals surface area (Å²) in [6, 6.07) is 7.49. The van der Waals surface area contributed by atoms with Crippen molar-refractivity contribution in [3.05, 3.63) is 41.4 Å². The van der Waals surface area contributed by atoms with Gasteiger partial charge in [-0.1, -0.05) is 20.8 Å². The summed E-state index contributed by atoms with van der Waals surface area (Å²) in [4.78, 5) is 11.6. The Balaban J connectivity index is 2.40. The molecule has 0 aliphatic rings. The van der Waals surface area contributed by atoms with Crippen LogP contribution in [0.15, 0.2) is 24.4 Å². The molecule has 7 nitrogen and oxygen atoms in total. The Morgan fingerprint density at radius 3 is 2.65 bits per heavy atom. The predicted octanol–water partition coefficient (Wildman–Crippen LogP) is 2.68. The molecule has 7 heteroatoms. The third kappa shape index (κ3) is 3.80. The highest BCUT2D eigenvalue weighted by Gasteiger charge is 2.19. The van der Waals surface area contributed by atoms with Crippen LogP contribution >= 0.6 is 0 Å². The van der Waals surface area contributed by atoms with E-state index < -0.39 is 0 Å². The number of nitrogens with one attached hydrogen (secondary N) is 2. The van der Waals surface area contributed by atoms with E-state index in [1.807, 2.05) is 18.2 Å². The van der Waals surface area contributed by atoms with E-state index in [9.17, 15) is 10.1 Å². The van der Waals surface area contributed by atoms with Crippen LogP contribution < -0.4 is 5.32 Å². The van der Waals surface area contributed by atoms with Crippen molar-refractivity contribution in [3.63, 3.8) is 0 Å². The predicted molar refractivity (Wildman–Crippen MR) is 86.5 cm³/mol.